The molecule has 3 aliphatic rings. The number of likely N-dealkylation sites (N-methyl/N-ethyl adjacent to an activating group) is 1. The summed E-state index contributed by atoms with van der Waals surface area (Å²) < 4.78 is 35.0. The van der Waals surface area contributed by atoms with Crippen LogP contribution in [0.25, 0.3) is 5.57 Å². The van der Waals surface area contributed by atoms with Crippen LogP contribution >= 0.6 is 0 Å². The molecule has 3 atom stereocenters. The molecule has 0 bridgehead atoms. The molecule has 2 aliphatic carbocycles. The highest BCUT2D eigenvalue weighted by Crippen LogP contribution is 2.37. The largest absolute Gasteiger partial charge is 0.487 e. The van der Waals surface area contributed by atoms with Gasteiger partial charge in [0.05, 0.1) is 6.61 Å². The number of sulfonamides is 1. The third-order valence-corrected chi connectivity index (χ3v) is 8.86. The van der Waals surface area contributed by atoms with Gasteiger partial charge in [0.15, 0.2) is 0 Å². The third kappa shape index (κ3) is 5.00. The predicted molar refractivity (Wildman–Crippen MR) is 123 cm³/mol. The molecule has 0 saturated heterocycles. The van der Waals surface area contributed by atoms with Gasteiger partial charge in [0.2, 0.25) is 10.0 Å². The van der Waals surface area contributed by atoms with Crippen LogP contribution in [-0.4, -0.2) is 68.2 Å². The highest BCUT2D eigenvalue weighted by atomic mass is 32.2. The van der Waals surface area contributed by atoms with Gasteiger partial charge >= 0.3 is 0 Å². The lowest BCUT2D eigenvalue weighted by Crippen LogP contribution is -2.49. The third-order valence-electron chi connectivity index (χ3n) is 6.84. The van der Waals surface area contributed by atoms with Crippen molar-refractivity contribution in [2.45, 2.75) is 63.0 Å². The zero-order valence-electron chi connectivity index (χ0n) is 19.0. The second-order valence-corrected chi connectivity index (χ2v) is 11.5. The topological polar surface area (TPSA) is 70.1 Å². The average molecular weight is 449 g/mol. The van der Waals surface area contributed by atoms with E-state index in [4.69, 9.17) is 4.74 Å². The minimum Gasteiger partial charge on any atom is -0.487 e. The molecular formula is C24H36N2O4S. The van der Waals surface area contributed by atoms with Crippen molar-refractivity contribution in [2.24, 2.45) is 11.8 Å². The number of benzene rings is 1. The van der Waals surface area contributed by atoms with Gasteiger partial charge in [0.25, 0.3) is 0 Å². The first-order chi connectivity index (χ1) is 14.8. The molecule has 4 rings (SSSR count). The SMILES string of the molecule is C[C@@H]1CN([C@H](C)CO)S(=O)(=O)c2ccc(C3=CCCC3)cc2O[C@H]1CN(C)CC1CC1. The van der Waals surface area contributed by atoms with Crippen molar-refractivity contribution < 1.29 is 18.3 Å². The summed E-state index contributed by atoms with van der Waals surface area (Å²) in [7, 11) is -1.65. The first-order valence-electron chi connectivity index (χ1n) is 11.6. The van der Waals surface area contributed by atoms with Crippen molar-refractivity contribution in [1.29, 1.82) is 0 Å². The van der Waals surface area contributed by atoms with E-state index >= 15 is 0 Å². The van der Waals surface area contributed by atoms with Gasteiger partial charge in [0.1, 0.15) is 16.7 Å². The second-order valence-electron chi connectivity index (χ2n) is 9.69. The molecule has 1 aliphatic heterocycles. The Kier molecular flexibility index (Phi) is 6.77. The fraction of sp³-hybridized carbons (Fsp3) is 0.667. The van der Waals surface area contributed by atoms with Crippen LogP contribution in [0.15, 0.2) is 29.2 Å². The van der Waals surface area contributed by atoms with Crippen LogP contribution in [0.2, 0.25) is 0 Å². The number of aliphatic hydroxyl groups excluding tert-OH is 1. The predicted octanol–water partition coefficient (Wildman–Crippen LogP) is 3.36. The Morgan fingerprint density at radius 2 is 2.06 bits per heavy atom. The van der Waals surface area contributed by atoms with E-state index in [9.17, 15) is 13.5 Å². The Bertz CT molecular complexity index is 926. The molecule has 0 amide bonds. The molecule has 1 fully saturated rings. The Labute approximate surface area is 186 Å². The summed E-state index contributed by atoms with van der Waals surface area (Å²) >= 11 is 0. The molecule has 6 nitrogen and oxygen atoms in total. The molecule has 1 saturated carbocycles. The molecule has 0 radical (unpaired) electrons. The minimum atomic E-state index is -3.77. The summed E-state index contributed by atoms with van der Waals surface area (Å²) in [5, 5.41) is 9.77. The van der Waals surface area contributed by atoms with Crippen molar-refractivity contribution in [1.82, 2.24) is 9.21 Å². The molecule has 7 heteroatoms. The zero-order chi connectivity index (χ0) is 22.2. The lowest BCUT2D eigenvalue weighted by atomic mass is 10.0. The first-order valence-corrected chi connectivity index (χ1v) is 13.0. The number of ether oxygens (including phenoxy) is 1. The normalized spacial score (nSPS) is 27.2. The van der Waals surface area contributed by atoms with Crippen LogP contribution in [0.5, 0.6) is 5.75 Å². The first kappa shape index (κ1) is 22.8. The van der Waals surface area contributed by atoms with Crippen LogP contribution in [0.4, 0.5) is 0 Å². The van der Waals surface area contributed by atoms with Gasteiger partial charge < -0.3 is 14.7 Å². The molecular weight excluding hydrogens is 412 g/mol. The van der Waals surface area contributed by atoms with Gasteiger partial charge in [-0.25, -0.2) is 8.42 Å². The summed E-state index contributed by atoms with van der Waals surface area (Å²) in [4.78, 5) is 2.52. The Balaban J connectivity index is 1.71. The van der Waals surface area contributed by atoms with Crippen LogP contribution in [0.1, 0.15) is 51.5 Å². The van der Waals surface area contributed by atoms with Gasteiger partial charge in [-0.05, 0) is 75.3 Å². The fourth-order valence-electron chi connectivity index (χ4n) is 4.70. The Hall–Kier alpha value is -1.41. The number of allylic oxidation sites excluding steroid dienone is 2. The Morgan fingerprint density at radius 3 is 2.71 bits per heavy atom. The standard InChI is InChI=1S/C24H36N2O4S/c1-17-13-26(18(2)16-27)31(28,29)24-11-10-21(20-6-4-5-7-20)12-22(24)30-23(17)15-25(3)14-19-8-9-19/h6,10-12,17-19,23,27H,4-5,7-9,13-16H2,1-3H3/t17-,18-,23+/m1/s1. The highest BCUT2D eigenvalue weighted by molar-refractivity contribution is 7.89. The van der Waals surface area contributed by atoms with Gasteiger partial charge in [-0.15, -0.1) is 0 Å². The van der Waals surface area contributed by atoms with Crippen molar-refractivity contribution in [3.63, 3.8) is 0 Å². The van der Waals surface area contributed by atoms with Crippen molar-refractivity contribution in [2.75, 3.05) is 33.3 Å². The van der Waals surface area contributed by atoms with E-state index in [1.807, 2.05) is 12.1 Å². The summed E-state index contributed by atoms with van der Waals surface area (Å²) in [6, 6.07) is 5.02. The van der Waals surface area contributed by atoms with Crippen molar-refractivity contribution in [3.8, 4) is 5.75 Å². The molecule has 1 heterocycles. The molecule has 0 aromatic heterocycles. The molecule has 172 valence electrons. The molecule has 1 N–H and O–H groups in total. The van der Waals surface area contributed by atoms with Crippen LogP contribution in [0.3, 0.4) is 0 Å². The number of fused-ring (bicyclic) bond motifs is 1. The Morgan fingerprint density at radius 1 is 1.29 bits per heavy atom. The number of hydrogen-bond acceptors (Lipinski definition) is 5. The van der Waals surface area contributed by atoms with Crippen molar-refractivity contribution in [3.05, 3.63) is 29.8 Å². The maximum Gasteiger partial charge on any atom is 0.247 e. The molecule has 0 spiro atoms. The quantitative estimate of drug-likeness (QED) is 0.693. The molecule has 0 unspecified atom stereocenters. The lowest BCUT2D eigenvalue weighted by molar-refractivity contribution is 0.0740. The maximum atomic E-state index is 13.5. The molecule has 1 aromatic carbocycles. The van der Waals surface area contributed by atoms with E-state index in [-0.39, 0.29) is 23.5 Å². The summed E-state index contributed by atoms with van der Waals surface area (Å²) in [6.07, 6.45) is 7.93. The van der Waals surface area contributed by atoms with E-state index in [1.165, 1.54) is 22.7 Å². The maximum absolute atomic E-state index is 13.5. The van der Waals surface area contributed by atoms with Crippen LogP contribution in [0, 0.1) is 11.8 Å². The average Bonchev–Trinajstić information content (AvgIpc) is 3.37. The summed E-state index contributed by atoms with van der Waals surface area (Å²) in [5.74, 6) is 1.22. The van der Waals surface area contributed by atoms with E-state index in [1.54, 1.807) is 13.0 Å². The van der Waals surface area contributed by atoms with E-state index in [2.05, 4.69) is 24.9 Å². The number of hydrogen-bond donors (Lipinski definition) is 1. The van der Waals surface area contributed by atoms with Crippen molar-refractivity contribution >= 4 is 15.6 Å². The van der Waals surface area contributed by atoms with Gasteiger partial charge in [-0.2, -0.15) is 4.31 Å². The summed E-state index contributed by atoms with van der Waals surface area (Å²) in [6.45, 7) is 5.75. The lowest BCUT2D eigenvalue weighted by Gasteiger charge is -2.37. The monoisotopic (exact) mass is 448 g/mol. The van der Waals surface area contributed by atoms with Gasteiger partial charge in [-0.3, -0.25) is 0 Å². The molecule has 1 aromatic rings. The summed E-state index contributed by atoms with van der Waals surface area (Å²) in [5.41, 5.74) is 2.31. The second kappa shape index (κ2) is 9.22. The van der Waals surface area contributed by atoms with Gasteiger partial charge in [-0.1, -0.05) is 19.1 Å². The van der Waals surface area contributed by atoms with Gasteiger partial charge in [0, 0.05) is 31.6 Å². The highest BCUT2D eigenvalue weighted by Gasteiger charge is 2.38. The zero-order valence-corrected chi connectivity index (χ0v) is 19.8. The van der Waals surface area contributed by atoms with Crippen LogP contribution < -0.4 is 4.74 Å². The minimum absolute atomic E-state index is 0.00655. The number of aliphatic hydroxyl groups is 1. The fourth-order valence-corrected chi connectivity index (χ4v) is 6.52. The van der Waals surface area contributed by atoms with E-state index in [0.29, 0.717) is 12.3 Å². The number of rotatable bonds is 7. The van der Waals surface area contributed by atoms with E-state index in [0.717, 1.165) is 43.8 Å². The molecule has 31 heavy (non-hydrogen) atoms. The number of nitrogens with zero attached hydrogens (tertiary/aromatic N) is 2. The van der Waals surface area contributed by atoms with Crippen LogP contribution in [-0.2, 0) is 10.0 Å². The van der Waals surface area contributed by atoms with E-state index < -0.39 is 16.1 Å². The smallest absolute Gasteiger partial charge is 0.247 e.